The monoisotopic (exact) mass is 280 g/mol. The van der Waals surface area contributed by atoms with Crippen molar-refractivity contribution >= 4 is 11.8 Å². The van der Waals surface area contributed by atoms with Crippen LogP contribution in [0.1, 0.15) is 30.6 Å². The largest absolute Gasteiger partial charge is 0.483 e. The van der Waals surface area contributed by atoms with Crippen molar-refractivity contribution in [2.75, 3.05) is 13.2 Å². The predicted octanol–water partition coefficient (Wildman–Crippen LogP) is 0.441. The maximum atomic E-state index is 11.6. The van der Waals surface area contributed by atoms with Crippen molar-refractivity contribution in [1.29, 1.82) is 0 Å². The summed E-state index contributed by atoms with van der Waals surface area (Å²) in [6.45, 7) is 3.36. The Morgan fingerprint density at radius 1 is 1.40 bits per heavy atom. The van der Waals surface area contributed by atoms with Gasteiger partial charge in [0.2, 0.25) is 0 Å². The highest BCUT2D eigenvalue weighted by molar-refractivity contribution is 5.95. The molecule has 0 fully saturated rings. The molecule has 1 unspecified atom stereocenters. The lowest BCUT2D eigenvalue weighted by molar-refractivity contribution is -0.124. The molecule has 1 rings (SSSR count). The molecule has 20 heavy (non-hydrogen) atoms. The Morgan fingerprint density at radius 3 is 2.65 bits per heavy atom. The third-order valence-electron chi connectivity index (χ3n) is 2.94. The predicted molar refractivity (Wildman–Crippen MR) is 74.4 cm³/mol. The van der Waals surface area contributed by atoms with Gasteiger partial charge in [0.05, 0.1) is 11.2 Å². The van der Waals surface area contributed by atoms with Crippen LogP contribution >= 0.6 is 0 Å². The fourth-order valence-corrected chi connectivity index (χ4v) is 1.40. The molecule has 0 aliphatic carbocycles. The summed E-state index contributed by atoms with van der Waals surface area (Å²) >= 11 is 0. The van der Waals surface area contributed by atoms with Crippen molar-refractivity contribution in [3.63, 3.8) is 0 Å². The van der Waals surface area contributed by atoms with Crippen LogP contribution in [0.15, 0.2) is 24.3 Å². The molecule has 4 N–H and O–H groups in total. The van der Waals surface area contributed by atoms with Crippen molar-refractivity contribution in [3.05, 3.63) is 29.8 Å². The first-order chi connectivity index (χ1) is 9.35. The Morgan fingerprint density at radius 2 is 2.05 bits per heavy atom. The summed E-state index contributed by atoms with van der Waals surface area (Å²) in [6.07, 6.45) is 0.526. The summed E-state index contributed by atoms with van der Waals surface area (Å²) in [5.41, 5.74) is 4.48. The molecule has 0 bridgehead atoms. The molecule has 0 aliphatic rings. The quantitative estimate of drug-likeness (QED) is 0.674. The number of benzene rings is 1. The van der Waals surface area contributed by atoms with Gasteiger partial charge in [-0.2, -0.15) is 0 Å². The molecule has 0 saturated carbocycles. The Kier molecular flexibility index (Phi) is 5.52. The van der Waals surface area contributed by atoms with Crippen molar-refractivity contribution in [1.82, 2.24) is 5.32 Å². The van der Waals surface area contributed by atoms with Crippen LogP contribution in [0.4, 0.5) is 0 Å². The van der Waals surface area contributed by atoms with Crippen LogP contribution in [-0.2, 0) is 4.79 Å². The molecule has 6 nitrogen and oxygen atoms in total. The molecular weight excluding hydrogens is 260 g/mol. The Bertz CT molecular complexity index is 486. The zero-order chi connectivity index (χ0) is 15.2. The average Bonchev–Trinajstić information content (AvgIpc) is 2.43. The highest BCUT2D eigenvalue weighted by atomic mass is 16.5. The number of carbonyl (C=O) groups is 2. The molecule has 110 valence electrons. The van der Waals surface area contributed by atoms with E-state index in [0.29, 0.717) is 6.42 Å². The van der Waals surface area contributed by atoms with E-state index in [1.807, 2.05) is 6.92 Å². The van der Waals surface area contributed by atoms with Crippen LogP contribution < -0.4 is 15.8 Å². The van der Waals surface area contributed by atoms with E-state index in [9.17, 15) is 14.7 Å². The SMILES string of the molecule is CCC(C)(O)CNC(=O)COc1ccccc1C(N)=O. The number of hydrogen-bond acceptors (Lipinski definition) is 4. The van der Waals surface area contributed by atoms with Crippen molar-refractivity contribution in [2.24, 2.45) is 5.73 Å². The lowest BCUT2D eigenvalue weighted by Crippen LogP contribution is -2.41. The number of nitrogens with one attached hydrogen (secondary N) is 1. The Labute approximate surface area is 117 Å². The minimum absolute atomic E-state index is 0.142. The second-order valence-electron chi connectivity index (χ2n) is 4.78. The minimum atomic E-state index is -0.944. The molecule has 0 heterocycles. The van der Waals surface area contributed by atoms with Gasteiger partial charge in [-0.3, -0.25) is 9.59 Å². The Hall–Kier alpha value is -2.08. The third-order valence-corrected chi connectivity index (χ3v) is 2.94. The summed E-state index contributed by atoms with van der Waals surface area (Å²) in [5, 5.41) is 12.3. The van der Waals surface area contributed by atoms with Gasteiger partial charge < -0.3 is 20.9 Å². The summed E-state index contributed by atoms with van der Waals surface area (Å²) in [6, 6.07) is 6.43. The first-order valence-corrected chi connectivity index (χ1v) is 6.36. The van der Waals surface area contributed by atoms with E-state index < -0.39 is 11.5 Å². The summed E-state index contributed by atoms with van der Waals surface area (Å²) in [4.78, 5) is 22.8. The first kappa shape index (κ1) is 16.0. The lowest BCUT2D eigenvalue weighted by atomic mass is 10.0. The molecule has 0 aromatic heterocycles. The zero-order valence-corrected chi connectivity index (χ0v) is 11.7. The average molecular weight is 280 g/mol. The number of ether oxygens (including phenoxy) is 1. The molecule has 1 aromatic rings. The van der Waals surface area contributed by atoms with Crippen molar-refractivity contribution in [3.8, 4) is 5.75 Å². The number of aliphatic hydroxyl groups is 1. The molecule has 0 radical (unpaired) electrons. The molecule has 1 aromatic carbocycles. The number of amides is 2. The highest BCUT2D eigenvalue weighted by Gasteiger charge is 2.18. The van der Waals surface area contributed by atoms with E-state index in [-0.39, 0.29) is 30.4 Å². The summed E-state index contributed by atoms with van der Waals surface area (Å²) in [7, 11) is 0. The number of para-hydroxylation sites is 1. The van der Waals surface area contributed by atoms with E-state index in [0.717, 1.165) is 0 Å². The number of primary amides is 1. The van der Waals surface area contributed by atoms with Crippen LogP contribution in [0.2, 0.25) is 0 Å². The molecule has 1 atom stereocenters. The second-order valence-corrected chi connectivity index (χ2v) is 4.78. The van der Waals surface area contributed by atoms with Gasteiger partial charge in [0, 0.05) is 6.54 Å². The van der Waals surface area contributed by atoms with Crippen molar-refractivity contribution < 1.29 is 19.4 Å². The van der Waals surface area contributed by atoms with E-state index in [1.54, 1.807) is 25.1 Å². The maximum absolute atomic E-state index is 11.6. The lowest BCUT2D eigenvalue weighted by Gasteiger charge is -2.21. The van der Waals surface area contributed by atoms with E-state index in [1.165, 1.54) is 6.07 Å². The highest BCUT2D eigenvalue weighted by Crippen LogP contribution is 2.16. The number of carbonyl (C=O) groups excluding carboxylic acids is 2. The standard InChI is InChI=1S/C14H20N2O4/c1-3-14(2,19)9-16-12(17)8-20-11-7-5-4-6-10(11)13(15)18/h4-7,19H,3,8-9H2,1-2H3,(H2,15,18)(H,16,17). The molecular formula is C14H20N2O4. The number of rotatable bonds is 7. The van der Waals surface area contributed by atoms with Crippen LogP contribution in [0.3, 0.4) is 0 Å². The normalized spacial score (nSPS) is 13.3. The van der Waals surface area contributed by atoms with Gasteiger partial charge in [0.1, 0.15) is 5.75 Å². The van der Waals surface area contributed by atoms with Crippen LogP contribution in [0.25, 0.3) is 0 Å². The maximum Gasteiger partial charge on any atom is 0.258 e. The molecule has 2 amide bonds. The molecule has 0 aliphatic heterocycles. The minimum Gasteiger partial charge on any atom is -0.483 e. The van der Waals surface area contributed by atoms with Gasteiger partial charge in [0.25, 0.3) is 11.8 Å². The molecule has 0 spiro atoms. The van der Waals surface area contributed by atoms with Gasteiger partial charge in [0.15, 0.2) is 6.61 Å². The van der Waals surface area contributed by atoms with Gasteiger partial charge in [-0.05, 0) is 25.5 Å². The van der Waals surface area contributed by atoms with Crippen LogP contribution in [-0.4, -0.2) is 35.7 Å². The molecule has 0 saturated heterocycles. The first-order valence-electron chi connectivity index (χ1n) is 6.36. The molecule has 6 heteroatoms. The van der Waals surface area contributed by atoms with Gasteiger partial charge in [-0.1, -0.05) is 19.1 Å². The van der Waals surface area contributed by atoms with Crippen molar-refractivity contribution in [2.45, 2.75) is 25.9 Å². The van der Waals surface area contributed by atoms with Gasteiger partial charge in [-0.15, -0.1) is 0 Å². The number of hydrogen-bond donors (Lipinski definition) is 3. The smallest absolute Gasteiger partial charge is 0.258 e. The van der Waals surface area contributed by atoms with Gasteiger partial charge in [-0.25, -0.2) is 0 Å². The van der Waals surface area contributed by atoms with Gasteiger partial charge >= 0.3 is 0 Å². The van der Waals surface area contributed by atoms with Crippen LogP contribution in [0, 0.1) is 0 Å². The summed E-state index contributed by atoms with van der Waals surface area (Å²) in [5.74, 6) is -0.731. The van der Waals surface area contributed by atoms with E-state index >= 15 is 0 Å². The fourth-order valence-electron chi connectivity index (χ4n) is 1.40. The van der Waals surface area contributed by atoms with Crippen LogP contribution in [0.5, 0.6) is 5.75 Å². The number of nitrogens with two attached hydrogens (primary N) is 1. The third kappa shape index (κ3) is 4.89. The fraction of sp³-hybridized carbons (Fsp3) is 0.429. The van der Waals surface area contributed by atoms with E-state index in [4.69, 9.17) is 10.5 Å². The second kappa shape index (κ2) is 6.91. The Balaban J connectivity index is 2.52. The topological polar surface area (TPSA) is 102 Å². The van der Waals surface area contributed by atoms with E-state index in [2.05, 4.69) is 5.32 Å². The zero-order valence-electron chi connectivity index (χ0n) is 11.7. The summed E-state index contributed by atoms with van der Waals surface area (Å²) < 4.78 is 5.26.